The number of aromatic carboxylic acids is 1. The Kier molecular flexibility index (Phi) is 4.25. The molecule has 0 saturated carbocycles. The maximum absolute atomic E-state index is 11.5. The van der Waals surface area contributed by atoms with Gasteiger partial charge in [0.05, 0.1) is 27.6 Å². The number of carboxylic acid groups (broad SMARTS) is 1. The predicted molar refractivity (Wildman–Crippen MR) is 84.8 cm³/mol. The second kappa shape index (κ2) is 5.66. The van der Waals surface area contributed by atoms with Crippen LogP contribution in [0, 0.1) is 0 Å². The van der Waals surface area contributed by atoms with Gasteiger partial charge in [-0.1, -0.05) is 38.4 Å². The molecule has 1 N–H and O–H groups in total. The van der Waals surface area contributed by atoms with Crippen molar-refractivity contribution in [2.75, 3.05) is 7.11 Å². The highest BCUT2D eigenvalue weighted by atomic mass is 35.5. The van der Waals surface area contributed by atoms with Gasteiger partial charge in [0.1, 0.15) is 5.75 Å². The Morgan fingerprint density at radius 2 is 2.05 bits per heavy atom. The topological polar surface area (TPSA) is 59.4 Å². The molecule has 112 valence electrons. The molecule has 6 heteroatoms. The van der Waals surface area contributed by atoms with E-state index in [1.54, 1.807) is 18.2 Å². The highest BCUT2D eigenvalue weighted by molar-refractivity contribution is 7.15. The fraction of sp³-hybridized carbons (Fsp3) is 0.333. The SMILES string of the molecule is COc1cccc(Cl)c1-c1sc(C(C)(C)C)nc1C(=O)O. The van der Waals surface area contributed by atoms with E-state index in [0.29, 0.717) is 21.2 Å². The largest absolute Gasteiger partial charge is 0.496 e. The molecule has 0 aliphatic carbocycles. The number of carboxylic acids is 1. The van der Waals surface area contributed by atoms with Crippen LogP contribution in [0.2, 0.25) is 5.02 Å². The molecule has 1 heterocycles. The number of aromatic nitrogens is 1. The lowest BCUT2D eigenvalue weighted by molar-refractivity contribution is 0.0692. The molecule has 21 heavy (non-hydrogen) atoms. The van der Waals surface area contributed by atoms with Gasteiger partial charge < -0.3 is 9.84 Å². The Morgan fingerprint density at radius 1 is 1.38 bits per heavy atom. The fourth-order valence-corrected chi connectivity index (χ4v) is 3.35. The number of hydrogen-bond acceptors (Lipinski definition) is 4. The summed E-state index contributed by atoms with van der Waals surface area (Å²) in [6.45, 7) is 5.97. The number of hydrogen-bond donors (Lipinski definition) is 1. The maximum Gasteiger partial charge on any atom is 0.356 e. The van der Waals surface area contributed by atoms with Crippen LogP contribution in [0.5, 0.6) is 5.75 Å². The highest BCUT2D eigenvalue weighted by Gasteiger charge is 2.27. The Balaban J connectivity index is 2.75. The van der Waals surface area contributed by atoms with E-state index in [9.17, 15) is 9.90 Å². The van der Waals surface area contributed by atoms with Gasteiger partial charge in [0.25, 0.3) is 0 Å². The summed E-state index contributed by atoms with van der Waals surface area (Å²) in [6.07, 6.45) is 0. The van der Waals surface area contributed by atoms with Gasteiger partial charge in [-0.25, -0.2) is 9.78 Å². The van der Waals surface area contributed by atoms with Crippen LogP contribution >= 0.6 is 22.9 Å². The van der Waals surface area contributed by atoms with E-state index >= 15 is 0 Å². The first kappa shape index (κ1) is 15.8. The first-order chi connectivity index (χ1) is 9.75. The lowest BCUT2D eigenvalue weighted by atomic mass is 9.98. The summed E-state index contributed by atoms with van der Waals surface area (Å²) in [5, 5.41) is 10.6. The number of methoxy groups -OCH3 is 1. The second-order valence-corrected chi connectivity index (χ2v) is 6.98. The Morgan fingerprint density at radius 3 is 2.57 bits per heavy atom. The van der Waals surface area contributed by atoms with Crippen LogP contribution < -0.4 is 4.74 Å². The number of halogens is 1. The molecular weight excluding hydrogens is 310 g/mol. The van der Waals surface area contributed by atoms with Crippen LogP contribution in [-0.2, 0) is 5.41 Å². The number of nitrogens with zero attached hydrogens (tertiary/aromatic N) is 1. The molecule has 1 aromatic carbocycles. The van der Waals surface area contributed by atoms with E-state index in [1.165, 1.54) is 18.4 Å². The zero-order valence-corrected chi connectivity index (χ0v) is 13.8. The molecule has 0 atom stereocenters. The normalized spacial score (nSPS) is 11.5. The van der Waals surface area contributed by atoms with Crippen LogP contribution in [0.4, 0.5) is 0 Å². The molecule has 4 nitrogen and oxygen atoms in total. The average Bonchev–Trinajstić information content (AvgIpc) is 2.83. The number of thiazole rings is 1. The van der Waals surface area contributed by atoms with Gasteiger partial charge >= 0.3 is 5.97 Å². The van der Waals surface area contributed by atoms with Gasteiger partial charge in [0, 0.05) is 5.41 Å². The van der Waals surface area contributed by atoms with E-state index in [-0.39, 0.29) is 11.1 Å². The zero-order chi connectivity index (χ0) is 15.8. The standard InChI is InChI=1S/C15H16ClNO3S/c1-15(2,3)14-17-11(13(18)19)12(21-14)10-8(16)6-5-7-9(10)20-4/h5-7H,1-4H3,(H,18,19). The summed E-state index contributed by atoms with van der Waals surface area (Å²) in [4.78, 5) is 16.3. The molecule has 2 rings (SSSR count). The van der Waals surface area contributed by atoms with Crippen molar-refractivity contribution in [1.82, 2.24) is 4.98 Å². The van der Waals surface area contributed by atoms with Crippen molar-refractivity contribution in [2.24, 2.45) is 0 Å². The molecule has 0 aliphatic heterocycles. The molecule has 0 aliphatic rings. The van der Waals surface area contributed by atoms with Crippen molar-refractivity contribution in [3.63, 3.8) is 0 Å². The first-order valence-corrected chi connectivity index (χ1v) is 7.52. The predicted octanol–water partition coefficient (Wildman–Crippen LogP) is 4.47. The molecule has 0 unspecified atom stereocenters. The number of rotatable bonds is 3. The second-order valence-electron chi connectivity index (χ2n) is 5.57. The summed E-state index contributed by atoms with van der Waals surface area (Å²) in [7, 11) is 1.53. The molecule has 0 saturated heterocycles. The third-order valence-corrected chi connectivity index (χ3v) is 4.71. The van der Waals surface area contributed by atoms with Gasteiger partial charge in [-0.2, -0.15) is 0 Å². The molecule has 2 aromatic rings. The summed E-state index contributed by atoms with van der Waals surface area (Å²) >= 11 is 7.58. The van der Waals surface area contributed by atoms with Crippen molar-refractivity contribution in [3.8, 4) is 16.2 Å². The third-order valence-electron chi connectivity index (χ3n) is 2.89. The van der Waals surface area contributed by atoms with Crippen molar-refractivity contribution in [2.45, 2.75) is 26.2 Å². The van der Waals surface area contributed by atoms with Gasteiger partial charge in [-0.3, -0.25) is 0 Å². The van der Waals surface area contributed by atoms with Crippen LogP contribution in [-0.4, -0.2) is 23.2 Å². The summed E-state index contributed by atoms with van der Waals surface area (Å²) in [5.41, 5.74) is 0.352. The Labute approximate surface area is 132 Å². The number of carbonyl (C=O) groups is 1. The minimum atomic E-state index is -1.07. The van der Waals surface area contributed by atoms with Gasteiger partial charge in [-0.05, 0) is 12.1 Å². The Bertz CT molecular complexity index is 689. The van der Waals surface area contributed by atoms with Crippen LogP contribution in [0.25, 0.3) is 10.4 Å². The number of ether oxygens (including phenoxy) is 1. The minimum Gasteiger partial charge on any atom is -0.496 e. The van der Waals surface area contributed by atoms with E-state index in [1.807, 2.05) is 20.8 Å². The smallest absolute Gasteiger partial charge is 0.356 e. The van der Waals surface area contributed by atoms with Crippen LogP contribution in [0.3, 0.4) is 0 Å². The molecule has 0 amide bonds. The minimum absolute atomic E-state index is 0.0105. The Hall–Kier alpha value is -1.59. The van der Waals surface area contributed by atoms with Crippen molar-refractivity contribution in [1.29, 1.82) is 0 Å². The molecule has 1 aromatic heterocycles. The van der Waals surface area contributed by atoms with E-state index in [4.69, 9.17) is 16.3 Å². The zero-order valence-electron chi connectivity index (χ0n) is 12.2. The first-order valence-electron chi connectivity index (χ1n) is 6.33. The lowest BCUT2D eigenvalue weighted by Gasteiger charge is -2.13. The highest BCUT2D eigenvalue weighted by Crippen LogP contribution is 2.43. The monoisotopic (exact) mass is 325 g/mol. The van der Waals surface area contributed by atoms with Crippen molar-refractivity contribution >= 4 is 28.9 Å². The van der Waals surface area contributed by atoms with Gasteiger partial charge in [0.2, 0.25) is 0 Å². The van der Waals surface area contributed by atoms with Crippen molar-refractivity contribution < 1.29 is 14.6 Å². The summed E-state index contributed by atoms with van der Waals surface area (Å²) in [6, 6.07) is 5.22. The van der Waals surface area contributed by atoms with E-state index in [2.05, 4.69) is 4.98 Å². The van der Waals surface area contributed by atoms with Gasteiger partial charge in [0.15, 0.2) is 5.69 Å². The quantitative estimate of drug-likeness (QED) is 0.904. The average molecular weight is 326 g/mol. The van der Waals surface area contributed by atoms with E-state index in [0.717, 1.165) is 5.01 Å². The molecule has 0 spiro atoms. The molecule has 0 fully saturated rings. The maximum atomic E-state index is 11.5. The third kappa shape index (κ3) is 3.04. The van der Waals surface area contributed by atoms with Crippen LogP contribution in [0.1, 0.15) is 36.3 Å². The van der Waals surface area contributed by atoms with Gasteiger partial charge in [-0.15, -0.1) is 11.3 Å². The summed E-state index contributed by atoms with van der Waals surface area (Å²) in [5.74, 6) is -0.534. The molecule has 0 bridgehead atoms. The van der Waals surface area contributed by atoms with Crippen molar-refractivity contribution in [3.05, 3.63) is 33.9 Å². The molecular formula is C15H16ClNO3S. The van der Waals surface area contributed by atoms with Crippen LogP contribution in [0.15, 0.2) is 18.2 Å². The molecule has 0 radical (unpaired) electrons. The lowest BCUT2D eigenvalue weighted by Crippen LogP contribution is -2.11. The summed E-state index contributed by atoms with van der Waals surface area (Å²) < 4.78 is 5.31. The fourth-order valence-electron chi connectivity index (χ4n) is 1.85. The van der Waals surface area contributed by atoms with E-state index < -0.39 is 5.97 Å². The number of benzene rings is 1.